The Balaban J connectivity index is 1.82. The molecule has 0 unspecified atom stereocenters. The summed E-state index contributed by atoms with van der Waals surface area (Å²) in [7, 11) is -1.94. The molecule has 1 heterocycles. The van der Waals surface area contributed by atoms with Gasteiger partial charge in [-0.25, -0.2) is 12.8 Å². The third-order valence-electron chi connectivity index (χ3n) is 5.71. The molecule has 0 amide bonds. The molecule has 36 heavy (non-hydrogen) atoms. The first-order valence-corrected chi connectivity index (χ1v) is 13.2. The molecule has 6 nitrogen and oxygen atoms in total. The monoisotopic (exact) mass is 506 g/mol. The molecule has 0 N–H and O–H groups in total. The van der Waals surface area contributed by atoms with Gasteiger partial charge in [-0.2, -0.15) is 5.10 Å². The number of benzene rings is 3. The minimum atomic E-state index is -3.35. The molecule has 0 aliphatic heterocycles. The summed E-state index contributed by atoms with van der Waals surface area (Å²) in [6.07, 6.45) is 2.89. The first-order valence-electron chi connectivity index (χ1n) is 11.3. The van der Waals surface area contributed by atoms with Gasteiger partial charge >= 0.3 is 0 Å². The van der Waals surface area contributed by atoms with Gasteiger partial charge < -0.3 is 9.47 Å². The van der Waals surface area contributed by atoms with Crippen molar-refractivity contribution in [3.05, 3.63) is 103 Å². The first kappa shape index (κ1) is 25.3. The summed E-state index contributed by atoms with van der Waals surface area (Å²) < 4.78 is 51.6. The Hall–Kier alpha value is -3.75. The highest BCUT2D eigenvalue weighted by molar-refractivity contribution is 7.90. The lowest BCUT2D eigenvalue weighted by Gasteiger charge is -2.11. The van der Waals surface area contributed by atoms with Crippen molar-refractivity contribution >= 4 is 9.84 Å². The van der Waals surface area contributed by atoms with E-state index in [-0.39, 0.29) is 17.3 Å². The normalized spacial score (nSPS) is 11.4. The van der Waals surface area contributed by atoms with Crippen LogP contribution in [0.2, 0.25) is 0 Å². The molecule has 4 aromatic rings. The zero-order valence-corrected chi connectivity index (χ0v) is 21.0. The Morgan fingerprint density at radius 3 is 2.31 bits per heavy atom. The van der Waals surface area contributed by atoms with E-state index >= 15 is 0 Å². The van der Waals surface area contributed by atoms with E-state index in [0.717, 1.165) is 17.5 Å². The van der Waals surface area contributed by atoms with Gasteiger partial charge in [-0.3, -0.25) is 4.68 Å². The summed E-state index contributed by atoms with van der Waals surface area (Å²) in [6.45, 7) is 4.87. The fourth-order valence-electron chi connectivity index (χ4n) is 3.94. The van der Waals surface area contributed by atoms with Gasteiger partial charge in [0.15, 0.2) is 21.4 Å². The van der Waals surface area contributed by atoms with Crippen LogP contribution >= 0.6 is 0 Å². The van der Waals surface area contributed by atoms with Gasteiger partial charge in [0.05, 0.1) is 37.5 Å². The van der Waals surface area contributed by atoms with Crippen LogP contribution in [0.4, 0.5) is 4.39 Å². The Bertz CT molecular complexity index is 1460. The van der Waals surface area contributed by atoms with E-state index in [1.54, 1.807) is 47.2 Å². The van der Waals surface area contributed by atoms with Crippen molar-refractivity contribution in [1.82, 2.24) is 9.78 Å². The molecule has 0 aliphatic rings. The number of sulfone groups is 1. The number of halogens is 1. The van der Waals surface area contributed by atoms with Crippen molar-refractivity contribution < 1.29 is 22.3 Å². The number of methoxy groups -OCH3 is 1. The summed E-state index contributed by atoms with van der Waals surface area (Å²) in [5.74, 6) is -0.362. The number of nitrogens with zero attached hydrogens (tertiary/aromatic N) is 2. The lowest BCUT2D eigenvalue weighted by Crippen LogP contribution is -2.06. The van der Waals surface area contributed by atoms with Crippen molar-refractivity contribution in [3.63, 3.8) is 0 Å². The van der Waals surface area contributed by atoms with Crippen LogP contribution < -0.4 is 4.74 Å². The molecule has 186 valence electrons. The van der Waals surface area contributed by atoms with Crippen LogP contribution in [-0.4, -0.2) is 31.6 Å². The molecule has 1 aromatic heterocycles. The van der Waals surface area contributed by atoms with Gasteiger partial charge in [0.25, 0.3) is 0 Å². The maximum atomic E-state index is 14.7. The van der Waals surface area contributed by atoms with Crippen LogP contribution in [0, 0.1) is 5.82 Å². The van der Waals surface area contributed by atoms with Crippen LogP contribution in [0.1, 0.15) is 11.3 Å². The Morgan fingerprint density at radius 1 is 1.00 bits per heavy atom. The first-order chi connectivity index (χ1) is 17.3. The van der Waals surface area contributed by atoms with Crippen LogP contribution in [0.5, 0.6) is 5.75 Å². The van der Waals surface area contributed by atoms with E-state index in [1.807, 2.05) is 30.3 Å². The van der Waals surface area contributed by atoms with Gasteiger partial charge in [-0.1, -0.05) is 54.6 Å². The molecule has 0 aliphatic carbocycles. The van der Waals surface area contributed by atoms with Crippen molar-refractivity contribution in [2.75, 3.05) is 13.4 Å². The van der Waals surface area contributed by atoms with Crippen LogP contribution in [0.15, 0.2) is 90.3 Å². The second kappa shape index (κ2) is 10.9. The second-order valence-corrected chi connectivity index (χ2v) is 10.3. The largest absolute Gasteiger partial charge is 0.494 e. The molecule has 3 aromatic carbocycles. The smallest absolute Gasteiger partial charge is 0.175 e. The lowest BCUT2D eigenvalue weighted by molar-refractivity contribution is 0.102. The van der Waals surface area contributed by atoms with E-state index in [1.165, 1.54) is 13.2 Å². The zero-order valence-electron chi connectivity index (χ0n) is 20.1. The Kier molecular flexibility index (Phi) is 7.67. The molecule has 0 spiro atoms. The third kappa shape index (κ3) is 5.56. The molecule has 0 saturated carbocycles. The fourth-order valence-corrected chi connectivity index (χ4v) is 4.57. The van der Waals surface area contributed by atoms with E-state index in [9.17, 15) is 12.8 Å². The average Bonchev–Trinajstić information content (AvgIpc) is 3.22. The summed E-state index contributed by atoms with van der Waals surface area (Å²) in [6, 6.07) is 21.0. The maximum absolute atomic E-state index is 14.7. The van der Waals surface area contributed by atoms with Gasteiger partial charge in [-0.05, 0) is 35.4 Å². The standard InChI is InChI=1S/C28H27FN2O4S/c1-4-16-31-25(19-35-18-20-8-6-5-7-9-20)27(22-12-15-26(34-2)24(29)17-22)28(30-31)21-10-13-23(14-11-21)36(3,32)33/h4-15,17H,1,16,18-19H2,2-3H3. The summed E-state index contributed by atoms with van der Waals surface area (Å²) in [5, 5.41) is 4.80. The van der Waals surface area contributed by atoms with Gasteiger partial charge in [0.2, 0.25) is 0 Å². The second-order valence-electron chi connectivity index (χ2n) is 8.27. The highest BCUT2D eigenvalue weighted by Gasteiger charge is 2.22. The quantitative estimate of drug-likeness (QED) is 0.259. The predicted octanol–water partition coefficient (Wildman–Crippen LogP) is 5.67. The van der Waals surface area contributed by atoms with E-state index in [0.29, 0.717) is 35.5 Å². The molecule has 8 heteroatoms. The molecule has 0 fully saturated rings. The molecule has 0 saturated heterocycles. The molecule has 0 atom stereocenters. The fraction of sp³-hybridized carbons (Fsp3) is 0.179. The summed E-state index contributed by atoms with van der Waals surface area (Å²) >= 11 is 0. The highest BCUT2D eigenvalue weighted by atomic mass is 32.2. The van der Waals surface area contributed by atoms with Crippen molar-refractivity contribution in [2.24, 2.45) is 0 Å². The lowest BCUT2D eigenvalue weighted by atomic mass is 9.98. The van der Waals surface area contributed by atoms with Gasteiger partial charge in [-0.15, -0.1) is 6.58 Å². The Labute approximate surface area is 210 Å². The summed E-state index contributed by atoms with van der Waals surface area (Å²) in [4.78, 5) is 0.209. The number of rotatable bonds is 10. The van der Waals surface area contributed by atoms with Crippen molar-refractivity contribution in [2.45, 2.75) is 24.7 Å². The summed E-state index contributed by atoms with van der Waals surface area (Å²) in [5.41, 5.74) is 4.35. The van der Waals surface area contributed by atoms with Gasteiger partial charge in [0, 0.05) is 17.4 Å². The van der Waals surface area contributed by atoms with E-state index in [4.69, 9.17) is 14.6 Å². The third-order valence-corrected chi connectivity index (χ3v) is 6.83. The average molecular weight is 507 g/mol. The molecular weight excluding hydrogens is 479 g/mol. The molecular formula is C28H27FN2O4S. The number of ether oxygens (including phenoxy) is 2. The minimum Gasteiger partial charge on any atom is -0.494 e. The minimum absolute atomic E-state index is 0.137. The molecule has 4 rings (SSSR count). The highest BCUT2D eigenvalue weighted by Crippen LogP contribution is 2.37. The predicted molar refractivity (Wildman–Crippen MR) is 138 cm³/mol. The van der Waals surface area contributed by atoms with Crippen LogP contribution in [0.3, 0.4) is 0 Å². The van der Waals surface area contributed by atoms with Crippen molar-refractivity contribution in [3.8, 4) is 28.1 Å². The SMILES string of the molecule is C=CCn1nc(-c2ccc(S(C)(=O)=O)cc2)c(-c2ccc(OC)c(F)c2)c1COCc1ccccc1. The molecule has 0 bridgehead atoms. The number of hydrogen-bond acceptors (Lipinski definition) is 5. The van der Waals surface area contributed by atoms with Crippen LogP contribution in [0.25, 0.3) is 22.4 Å². The van der Waals surface area contributed by atoms with Crippen LogP contribution in [-0.2, 0) is 34.3 Å². The number of aromatic nitrogens is 2. The Morgan fingerprint density at radius 2 is 1.69 bits per heavy atom. The number of hydrogen-bond donors (Lipinski definition) is 0. The van der Waals surface area contributed by atoms with E-state index < -0.39 is 15.7 Å². The zero-order chi connectivity index (χ0) is 25.7. The maximum Gasteiger partial charge on any atom is 0.175 e. The molecule has 0 radical (unpaired) electrons. The van der Waals surface area contributed by atoms with Gasteiger partial charge in [0.1, 0.15) is 5.69 Å². The number of allylic oxidation sites excluding steroid dienone is 1. The van der Waals surface area contributed by atoms with E-state index in [2.05, 4.69) is 6.58 Å². The topological polar surface area (TPSA) is 70.4 Å². The van der Waals surface area contributed by atoms with Crippen molar-refractivity contribution in [1.29, 1.82) is 0 Å².